The maximum absolute atomic E-state index is 13.3. The number of halogens is 2. The minimum Gasteiger partial charge on any atom is -0.449 e. The highest BCUT2D eigenvalue weighted by molar-refractivity contribution is 5.96. The van der Waals surface area contributed by atoms with E-state index in [9.17, 15) is 28.5 Å². The van der Waals surface area contributed by atoms with Gasteiger partial charge < -0.3 is 10.1 Å². The van der Waals surface area contributed by atoms with E-state index in [0.717, 1.165) is 24.3 Å². The van der Waals surface area contributed by atoms with E-state index in [1.807, 2.05) is 0 Å². The van der Waals surface area contributed by atoms with E-state index in [2.05, 4.69) is 5.32 Å². The molecule has 1 amide bonds. The molecule has 0 unspecified atom stereocenters. The van der Waals surface area contributed by atoms with Crippen molar-refractivity contribution in [3.8, 4) is 0 Å². The smallest absolute Gasteiger partial charge is 0.331 e. The summed E-state index contributed by atoms with van der Waals surface area (Å²) in [6, 6.07) is 8.20. The first-order chi connectivity index (χ1) is 12.8. The Kier molecular flexibility index (Phi) is 6.32. The zero-order chi connectivity index (χ0) is 20.0. The molecular weight excluding hydrogens is 362 g/mol. The summed E-state index contributed by atoms with van der Waals surface area (Å²) in [4.78, 5) is 33.5. The van der Waals surface area contributed by atoms with Gasteiger partial charge in [-0.25, -0.2) is 9.18 Å². The van der Waals surface area contributed by atoms with Crippen LogP contribution in [0.2, 0.25) is 0 Å². The molecule has 0 aromatic heterocycles. The third-order valence-corrected chi connectivity index (χ3v) is 3.35. The molecule has 140 valence electrons. The predicted molar refractivity (Wildman–Crippen MR) is 92.7 cm³/mol. The lowest BCUT2D eigenvalue weighted by Gasteiger charge is -2.12. The normalized spacial score (nSPS) is 11.8. The van der Waals surface area contributed by atoms with Crippen LogP contribution in [-0.2, 0) is 14.3 Å². The van der Waals surface area contributed by atoms with Gasteiger partial charge in [0, 0.05) is 17.8 Å². The lowest BCUT2D eigenvalue weighted by atomic mass is 10.2. The fourth-order valence-electron chi connectivity index (χ4n) is 1.98. The molecular formula is C18H14F2N2O5. The van der Waals surface area contributed by atoms with Crippen LogP contribution in [0, 0.1) is 21.7 Å². The molecule has 2 aromatic carbocycles. The Morgan fingerprint density at radius 2 is 1.85 bits per heavy atom. The molecule has 0 saturated heterocycles. The summed E-state index contributed by atoms with van der Waals surface area (Å²) in [5.41, 5.74) is -0.249. The molecule has 27 heavy (non-hydrogen) atoms. The van der Waals surface area contributed by atoms with Crippen molar-refractivity contribution in [3.63, 3.8) is 0 Å². The van der Waals surface area contributed by atoms with Crippen LogP contribution in [-0.4, -0.2) is 22.9 Å². The number of nitro groups is 1. The zero-order valence-electron chi connectivity index (χ0n) is 14.0. The van der Waals surface area contributed by atoms with Crippen LogP contribution in [0.5, 0.6) is 0 Å². The van der Waals surface area contributed by atoms with Crippen LogP contribution in [0.4, 0.5) is 20.2 Å². The number of ether oxygens (including phenoxy) is 1. The number of hydrogen-bond acceptors (Lipinski definition) is 5. The fourth-order valence-corrected chi connectivity index (χ4v) is 1.98. The number of nitrogens with zero attached hydrogens (tertiary/aromatic N) is 1. The first-order valence-corrected chi connectivity index (χ1v) is 7.65. The second-order valence-corrected chi connectivity index (χ2v) is 5.38. The van der Waals surface area contributed by atoms with Gasteiger partial charge in [-0.1, -0.05) is 12.1 Å². The molecule has 0 heterocycles. The lowest BCUT2D eigenvalue weighted by molar-refractivity contribution is -0.387. The van der Waals surface area contributed by atoms with Crippen LogP contribution in [0.25, 0.3) is 6.08 Å². The van der Waals surface area contributed by atoms with Crippen molar-refractivity contribution in [3.05, 3.63) is 75.9 Å². The van der Waals surface area contributed by atoms with Crippen LogP contribution in [0.3, 0.4) is 0 Å². The molecule has 0 fully saturated rings. The van der Waals surface area contributed by atoms with Gasteiger partial charge in [-0.05, 0) is 42.8 Å². The fraction of sp³-hybridized carbons (Fsp3) is 0.111. The topological polar surface area (TPSA) is 98.5 Å². The summed E-state index contributed by atoms with van der Waals surface area (Å²) < 4.78 is 31.0. The number of esters is 1. The number of nitro benzene ring substituents is 1. The Balaban J connectivity index is 1.95. The molecule has 0 spiro atoms. The molecule has 2 rings (SSSR count). The number of amides is 1. The molecule has 0 saturated carbocycles. The highest BCUT2D eigenvalue weighted by Crippen LogP contribution is 2.21. The average molecular weight is 376 g/mol. The van der Waals surface area contributed by atoms with E-state index in [1.165, 1.54) is 37.3 Å². The molecule has 2 aromatic rings. The summed E-state index contributed by atoms with van der Waals surface area (Å²) in [5.74, 6) is -3.02. The largest absolute Gasteiger partial charge is 0.449 e. The molecule has 0 aliphatic carbocycles. The van der Waals surface area contributed by atoms with Crippen molar-refractivity contribution in [2.45, 2.75) is 13.0 Å². The van der Waals surface area contributed by atoms with Gasteiger partial charge in [-0.3, -0.25) is 14.9 Å². The van der Waals surface area contributed by atoms with Gasteiger partial charge in [0.2, 0.25) is 5.82 Å². The molecule has 0 aliphatic heterocycles. The standard InChI is InChI=1S/C18H14F2N2O5/c1-11(27-17(23)9-4-12-2-5-13(19)6-3-12)18(24)21-14-7-8-15(20)16(10-14)22(25)26/h2-11H,1H3,(H,21,24)/b9-4+/t11-/m0/s1. The van der Waals surface area contributed by atoms with Crippen LogP contribution in [0.15, 0.2) is 48.5 Å². The van der Waals surface area contributed by atoms with Crippen molar-refractivity contribution in [2.75, 3.05) is 5.32 Å². The summed E-state index contributed by atoms with van der Waals surface area (Å²) in [7, 11) is 0. The first kappa shape index (κ1) is 19.7. The Bertz CT molecular complexity index is 897. The van der Waals surface area contributed by atoms with Crippen LogP contribution < -0.4 is 5.32 Å². The van der Waals surface area contributed by atoms with Crippen LogP contribution >= 0.6 is 0 Å². The highest BCUT2D eigenvalue weighted by Gasteiger charge is 2.19. The monoisotopic (exact) mass is 376 g/mol. The zero-order valence-corrected chi connectivity index (χ0v) is 14.0. The van der Waals surface area contributed by atoms with Crippen molar-refractivity contribution in [2.24, 2.45) is 0 Å². The van der Waals surface area contributed by atoms with E-state index < -0.39 is 40.2 Å². The second kappa shape index (κ2) is 8.65. The van der Waals surface area contributed by atoms with Gasteiger partial charge in [-0.15, -0.1) is 0 Å². The van der Waals surface area contributed by atoms with Crippen molar-refractivity contribution < 1.29 is 28.0 Å². The maximum Gasteiger partial charge on any atom is 0.331 e. The van der Waals surface area contributed by atoms with E-state index >= 15 is 0 Å². The van der Waals surface area contributed by atoms with Crippen molar-refractivity contribution in [1.29, 1.82) is 0 Å². The molecule has 0 aliphatic rings. The van der Waals surface area contributed by atoms with Crippen molar-refractivity contribution >= 4 is 29.3 Å². The van der Waals surface area contributed by atoms with Gasteiger partial charge in [0.15, 0.2) is 6.10 Å². The molecule has 1 atom stereocenters. The highest BCUT2D eigenvalue weighted by atomic mass is 19.1. The minimum atomic E-state index is -1.21. The number of benzene rings is 2. The second-order valence-electron chi connectivity index (χ2n) is 5.38. The number of rotatable bonds is 6. The molecule has 1 N–H and O–H groups in total. The van der Waals surface area contributed by atoms with Gasteiger partial charge in [0.05, 0.1) is 4.92 Å². The minimum absolute atomic E-state index is 0.0159. The van der Waals surface area contributed by atoms with Gasteiger partial charge in [-0.2, -0.15) is 4.39 Å². The Hall–Kier alpha value is -3.62. The molecule has 9 heteroatoms. The number of hydrogen-bond donors (Lipinski definition) is 1. The third-order valence-electron chi connectivity index (χ3n) is 3.35. The number of carbonyl (C=O) groups excluding carboxylic acids is 2. The SMILES string of the molecule is C[C@H](OC(=O)/C=C/c1ccc(F)cc1)C(=O)Nc1ccc(F)c([N+](=O)[O-])c1. The average Bonchev–Trinajstić information content (AvgIpc) is 2.62. The predicted octanol–water partition coefficient (Wildman–Crippen LogP) is 3.46. The van der Waals surface area contributed by atoms with E-state index in [4.69, 9.17) is 4.74 Å². The lowest BCUT2D eigenvalue weighted by Crippen LogP contribution is -2.29. The summed E-state index contributed by atoms with van der Waals surface area (Å²) in [5, 5.41) is 13.0. The number of nitrogens with one attached hydrogen (secondary N) is 1. The molecule has 7 nitrogen and oxygen atoms in total. The van der Waals surface area contributed by atoms with Crippen molar-refractivity contribution in [1.82, 2.24) is 0 Å². The van der Waals surface area contributed by atoms with E-state index in [0.29, 0.717) is 5.56 Å². The van der Waals surface area contributed by atoms with E-state index in [1.54, 1.807) is 0 Å². The van der Waals surface area contributed by atoms with E-state index in [-0.39, 0.29) is 5.69 Å². The Labute approximate surface area is 152 Å². The van der Waals surface area contributed by atoms with Gasteiger partial charge in [0.1, 0.15) is 5.82 Å². The Morgan fingerprint density at radius 1 is 1.19 bits per heavy atom. The number of anilines is 1. The quantitative estimate of drug-likeness (QED) is 0.360. The van der Waals surface area contributed by atoms with Gasteiger partial charge in [0.25, 0.3) is 5.91 Å². The molecule has 0 radical (unpaired) electrons. The summed E-state index contributed by atoms with van der Waals surface area (Å²) >= 11 is 0. The summed E-state index contributed by atoms with van der Waals surface area (Å²) in [6.45, 7) is 1.30. The Morgan fingerprint density at radius 3 is 2.48 bits per heavy atom. The summed E-state index contributed by atoms with van der Waals surface area (Å²) in [6.07, 6.45) is 1.25. The number of carbonyl (C=O) groups is 2. The van der Waals surface area contributed by atoms with Gasteiger partial charge >= 0.3 is 11.7 Å². The maximum atomic E-state index is 13.3. The first-order valence-electron chi connectivity index (χ1n) is 7.65. The third kappa shape index (κ3) is 5.70. The van der Waals surface area contributed by atoms with Crippen LogP contribution in [0.1, 0.15) is 12.5 Å². The molecule has 0 bridgehead atoms.